The van der Waals surface area contributed by atoms with Crippen LogP contribution in [0.15, 0.2) is 48.7 Å². The molecule has 2 aromatic heterocycles. The molecule has 2 amide bonds. The first-order valence-corrected chi connectivity index (χ1v) is 10.5. The van der Waals surface area contributed by atoms with Gasteiger partial charge in [0, 0.05) is 32.7 Å². The Morgan fingerprint density at radius 3 is 2.70 bits per heavy atom. The van der Waals surface area contributed by atoms with Crippen molar-refractivity contribution in [3.8, 4) is 0 Å². The van der Waals surface area contributed by atoms with Crippen molar-refractivity contribution in [3.05, 3.63) is 54.2 Å². The van der Waals surface area contributed by atoms with Crippen molar-refractivity contribution in [2.24, 2.45) is 0 Å². The number of carbonyl (C=O) groups excluding carboxylic acids is 1. The third-order valence-corrected chi connectivity index (χ3v) is 5.10. The molecular weight excluding hydrogens is 378 g/mol. The van der Waals surface area contributed by atoms with Crippen LogP contribution >= 0.6 is 0 Å². The molecular formula is C22H27N7O. The van der Waals surface area contributed by atoms with Crippen LogP contribution in [0, 0.1) is 0 Å². The Morgan fingerprint density at radius 2 is 1.87 bits per heavy atom. The zero-order chi connectivity index (χ0) is 20.6. The third-order valence-electron chi connectivity index (χ3n) is 5.10. The molecule has 1 aliphatic rings. The van der Waals surface area contributed by atoms with Crippen LogP contribution < -0.4 is 20.9 Å². The normalized spacial score (nSPS) is 13.9. The molecule has 0 unspecified atom stereocenters. The lowest BCUT2D eigenvalue weighted by Crippen LogP contribution is -2.43. The quantitative estimate of drug-likeness (QED) is 0.523. The number of pyridine rings is 1. The maximum absolute atomic E-state index is 12.2. The molecule has 0 saturated carbocycles. The number of nitrogens with zero attached hydrogens (tertiary/aromatic N) is 4. The van der Waals surface area contributed by atoms with E-state index in [4.69, 9.17) is 0 Å². The fourth-order valence-corrected chi connectivity index (χ4v) is 3.47. The maximum atomic E-state index is 12.2. The smallest absolute Gasteiger partial charge is 0.320 e. The summed E-state index contributed by atoms with van der Waals surface area (Å²) in [5.41, 5.74) is 2.57. The van der Waals surface area contributed by atoms with Crippen LogP contribution in [0.5, 0.6) is 0 Å². The lowest BCUT2D eigenvalue weighted by molar-refractivity contribution is 0.252. The fourth-order valence-electron chi connectivity index (χ4n) is 3.47. The molecule has 1 aliphatic heterocycles. The summed E-state index contributed by atoms with van der Waals surface area (Å²) in [5.74, 6) is 1.28. The molecule has 0 atom stereocenters. The van der Waals surface area contributed by atoms with Gasteiger partial charge in [0.1, 0.15) is 17.2 Å². The Morgan fingerprint density at radius 1 is 1.03 bits per heavy atom. The van der Waals surface area contributed by atoms with Crippen LogP contribution in [0.1, 0.15) is 18.4 Å². The standard InChI is InChI=1S/C22H27N7O/c30-22(24-11-5-4-8-17-6-2-1-3-7-17)27-19-10-9-18-21(26-19)28-20(16-25-18)29-14-12-23-13-15-29/h1-3,6-7,9-10,16,23H,4-5,8,11-15H2,(H2,24,26,27,28,30). The van der Waals surface area contributed by atoms with Gasteiger partial charge in [-0.05, 0) is 37.0 Å². The van der Waals surface area contributed by atoms with E-state index in [1.807, 2.05) is 12.1 Å². The Balaban J connectivity index is 1.27. The van der Waals surface area contributed by atoms with Gasteiger partial charge in [0.2, 0.25) is 0 Å². The van der Waals surface area contributed by atoms with Crippen molar-refractivity contribution in [2.75, 3.05) is 42.9 Å². The number of aryl methyl sites for hydroxylation is 1. The monoisotopic (exact) mass is 405 g/mol. The molecule has 1 fully saturated rings. The second kappa shape index (κ2) is 9.98. The summed E-state index contributed by atoms with van der Waals surface area (Å²) in [6, 6.07) is 13.7. The molecule has 4 rings (SSSR count). The first kappa shape index (κ1) is 20.0. The van der Waals surface area contributed by atoms with Gasteiger partial charge in [-0.25, -0.2) is 19.7 Å². The number of fused-ring (bicyclic) bond motifs is 1. The van der Waals surface area contributed by atoms with E-state index in [0.29, 0.717) is 23.5 Å². The van der Waals surface area contributed by atoms with Crippen molar-refractivity contribution in [2.45, 2.75) is 19.3 Å². The van der Waals surface area contributed by atoms with Crippen LogP contribution in [0.3, 0.4) is 0 Å². The Kier molecular flexibility index (Phi) is 6.66. The number of benzene rings is 1. The van der Waals surface area contributed by atoms with Gasteiger partial charge in [0.25, 0.3) is 0 Å². The number of urea groups is 1. The molecule has 3 heterocycles. The van der Waals surface area contributed by atoms with Gasteiger partial charge >= 0.3 is 6.03 Å². The molecule has 1 aromatic carbocycles. The number of anilines is 2. The molecule has 3 aromatic rings. The molecule has 1 saturated heterocycles. The van der Waals surface area contributed by atoms with Gasteiger partial charge in [0.05, 0.1) is 6.20 Å². The molecule has 8 nitrogen and oxygen atoms in total. The van der Waals surface area contributed by atoms with Crippen LogP contribution in [0.2, 0.25) is 0 Å². The predicted octanol–water partition coefficient (Wildman–Crippen LogP) is 2.58. The Hall–Kier alpha value is -3.26. The average Bonchev–Trinajstić information content (AvgIpc) is 2.79. The Bertz CT molecular complexity index is 974. The number of amides is 2. The zero-order valence-electron chi connectivity index (χ0n) is 17.0. The molecule has 3 N–H and O–H groups in total. The van der Waals surface area contributed by atoms with E-state index in [-0.39, 0.29) is 6.03 Å². The van der Waals surface area contributed by atoms with Crippen LogP contribution in [-0.2, 0) is 6.42 Å². The first-order valence-electron chi connectivity index (χ1n) is 10.5. The van der Waals surface area contributed by atoms with E-state index in [9.17, 15) is 4.79 Å². The Labute approximate surface area is 176 Å². The number of rotatable bonds is 7. The number of unbranched alkanes of at least 4 members (excludes halogenated alkanes) is 1. The number of piperazine rings is 1. The van der Waals surface area contributed by atoms with Gasteiger partial charge in [-0.2, -0.15) is 0 Å². The van der Waals surface area contributed by atoms with Crippen LogP contribution in [-0.4, -0.2) is 53.7 Å². The number of aromatic nitrogens is 3. The zero-order valence-corrected chi connectivity index (χ0v) is 17.0. The SMILES string of the molecule is O=C(NCCCCc1ccccc1)Nc1ccc2ncc(N3CCNCC3)nc2n1. The highest BCUT2D eigenvalue weighted by atomic mass is 16.2. The predicted molar refractivity (Wildman–Crippen MR) is 119 cm³/mol. The van der Waals surface area contributed by atoms with Gasteiger partial charge in [0.15, 0.2) is 5.65 Å². The maximum Gasteiger partial charge on any atom is 0.320 e. The molecule has 8 heteroatoms. The highest BCUT2D eigenvalue weighted by molar-refractivity contribution is 5.89. The lowest BCUT2D eigenvalue weighted by Gasteiger charge is -2.28. The molecule has 30 heavy (non-hydrogen) atoms. The van der Waals surface area contributed by atoms with E-state index < -0.39 is 0 Å². The van der Waals surface area contributed by atoms with Crippen molar-refractivity contribution in [3.63, 3.8) is 0 Å². The van der Waals surface area contributed by atoms with Crippen LogP contribution in [0.25, 0.3) is 11.2 Å². The summed E-state index contributed by atoms with van der Waals surface area (Å²) in [7, 11) is 0. The van der Waals surface area contributed by atoms with Crippen molar-refractivity contribution in [1.82, 2.24) is 25.6 Å². The second-order valence-electron chi connectivity index (χ2n) is 7.33. The summed E-state index contributed by atoms with van der Waals surface area (Å²) >= 11 is 0. The molecule has 0 bridgehead atoms. The molecule has 0 spiro atoms. The number of nitrogens with one attached hydrogen (secondary N) is 3. The van der Waals surface area contributed by atoms with Gasteiger partial charge < -0.3 is 15.5 Å². The third kappa shape index (κ3) is 5.42. The summed E-state index contributed by atoms with van der Waals surface area (Å²) in [6.45, 7) is 4.27. The van der Waals surface area contributed by atoms with Gasteiger partial charge in [-0.15, -0.1) is 0 Å². The highest BCUT2D eigenvalue weighted by Gasteiger charge is 2.13. The first-order chi connectivity index (χ1) is 14.8. The van der Waals surface area contributed by atoms with Crippen molar-refractivity contribution in [1.29, 1.82) is 0 Å². The van der Waals surface area contributed by atoms with Crippen molar-refractivity contribution < 1.29 is 4.79 Å². The minimum absolute atomic E-state index is 0.257. The van der Waals surface area contributed by atoms with Gasteiger partial charge in [-0.3, -0.25) is 5.32 Å². The lowest BCUT2D eigenvalue weighted by atomic mass is 10.1. The largest absolute Gasteiger partial charge is 0.353 e. The van der Waals surface area contributed by atoms with E-state index >= 15 is 0 Å². The number of hydrogen-bond acceptors (Lipinski definition) is 6. The topological polar surface area (TPSA) is 95.1 Å². The summed E-state index contributed by atoms with van der Waals surface area (Å²) in [5, 5.41) is 9.00. The molecule has 0 aliphatic carbocycles. The second-order valence-corrected chi connectivity index (χ2v) is 7.33. The van der Waals surface area contributed by atoms with E-state index in [2.05, 4.69) is 60.1 Å². The van der Waals surface area contributed by atoms with E-state index in [1.165, 1.54) is 5.56 Å². The molecule has 0 radical (unpaired) electrons. The fraction of sp³-hybridized carbons (Fsp3) is 0.364. The number of carbonyl (C=O) groups is 1. The molecule has 156 valence electrons. The summed E-state index contributed by atoms with van der Waals surface area (Å²) in [4.78, 5) is 27.9. The van der Waals surface area contributed by atoms with Crippen LogP contribution in [0.4, 0.5) is 16.4 Å². The summed E-state index contributed by atoms with van der Waals surface area (Å²) in [6.07, 6.45) is 4.75. The highest BCUT2D eigenvalue weighted by Crippen LogP contribution is 2.16. The average molecular weight is 406 g/mol. The minimum Gasteiger partial charge on any atom is -0.353 e. The minimum atomic E-state index is -0.257. The summed E-state index contributed by atoms with van der Waals surface area (Å²) < 4.78 is 0. The van der Waals surface area contributed by atoms with Gasteiger partial charge in [-0.1, -0.05) is 30.3 Å². The number of hydrogen-bond donors (Lipinski definition) is 3. The van der Waals surface area contributed by atoms with E-state index in [0.717, 1.165) is 51.3 Å². The van der Waals surface area contributed by atoms with Crippen molar-refractivity contribution >= 4 is 28.8 Å². The van der Waals surface area contributed by atoms with E-state index in [1.54, 1.807) is 12.3 Å².